The first-order chi connectivity index (χ1) is 6.61. The zero-order valence-corrected chi connectivity index (χ0v) is 8.15. The highest BCUT2D eigenvalue weighted by Crippen LogP contribution is 2.10. The third-order valence-corrected chi connectivity index (χ3v) is 1.60. The smallest absolute Gasteiger partial charge is 0.242 e. The molecule has 4 nitrogen and oxygen atoms in total. The highest BCUT2D eigenvalue weighted by atomic mass is 16.2. The minimum Gasteiger partial charge on any atom is -0.274 e. The maximum atomic E-state index is 11.2. The van der Waals surface area contributed by atoms with Crippen LogP contribution in [0.1, 0.15) is 13.8 Å². The fourth-order valence-electron chi connectivity index (χ4n) is 1.06. The van der Waals surface area contributed by atoms with Crippen LogP contribution < -0.4 is 10.4 Å². The van der Waals surface area contributed by atoms with Crippen molar-refractivity contribution < 1.29 is 9.59 Å². The molecule has 0 aromatic heterocycles. The number of nitrogens with zero attached hydrogens (tertiary/aromatic N) is 1. The van der Waals surface area contributed by atoms with Gasteiger partial charge in [-0.25, -0.2) is 5.01 Å². The molecule has 0 fully saturated rings. The van der Waals surface area contributed by atoms with E-state index in [0.717, 1.165) is 0 Å². The molecule has 0 atom stereocenters. The molecular formula is C10H12N2O2. The number of nitrogens with one attached hydrogen (secondary N) is 1. The zero-order valence-electron chi connectivity index (χ0n) is 8.15. The molecule has 0 aliphatic heterocycles. The molecule has 1 N–H and O–H groups in total. The van der Waals surface area contributed by atoms with Crippen molar-refractivity contribution in [2.45, 2.75) is 13.8 Å². The summed E-state index contributed by atoms with van der Waals surface area (Å²) in [5, 5.41) is 1.21. The largest absolute Gasteiger partial charge is 0.274 e. The topological polar surface area (TPSA) is 49.4 Å². The molecule has 0 aliphatic rings. The van der Waals surface area contributed by atoms with Gasteiger partial charge in [-0.3, -0.25) is 15.0 Å². The molecule has 4 heteroatoms. The molecule has 74 valence electrons. The number of rotatable bonds is 1. The van der Waals surface area contributed by atoms with E-state index in [9.17, 15) is 9.59 Å². The van der Waals surface area contributed by atoms with Crippen LogP contribution in [-0.4, -0.2) is 11.8 Å². The predicted molar refractivity (Wildman–Crippen MR) is 53.4 cm³/mol. The SMILES string of the molecule is CC(=O)NN(C(C)=O)c1ccccc1. The van der Waals surface area contributed by atoms with Crippen LogP contribution in [0.5, 0.6) is 0 Å². The summed E-state index contributed by atoms with van der Waals surface area (Å²) in [4.78, 5) is 22.0. The fourth-order valence-corrected chi connectivity index (χ4v) is 1.06. The molecule has 0 unspecified atom stereocenters. The third kappa shape index (κ3) is 2.58. The number of carbonyl (C=O) groups excluding carboxylic acids is 2. The van der Waals surface area contributed by atoms with Crippen molar-refractivity contribution in [1.29, 1.82) is 0 Å². The second kappa shape index (κ2) is 4.41. The lowest BCUT2D eigenvalue weighted by atomic mass is 10.3. The average Bonchev–Trinajstić information content (AvgIpc) is 2.15. The van der Waals surface area contributed by atoms with E-state index < -0.39 is 0 Å². The molecule has 0 radical (unpaired) electrons. The quantitative estimate of drug-likeness (QED) is 0.677. The van der Waals surface area contributed by atoms with Crippen LogP contribution >= 0.6 is 0 Å². The van der Waals surface area contributed by atoms with Gasteiger partial charge in [-0.2, -0.15) is 0 Å². The van der Waals surface area contributed by atoms with Gasteiger partial charge < -0.3 is 0 Å². The van der Waals surface area contributed by atoms with Crippen molar-refractivity contribution in [3.8, 4) is 0 Å². The second-order valence-electron chi connectivity index (χ2n) is 2.86. The molecule has 2 amide bonds. The van der Waals surface area contributed by atoms with E-state index >= 15 is 0 Å². The standard InChI is InChI=1S/C10H12N2O2/c1-8(13)11-12(9(2)14)10-6-4-3-5-7-10/h3-7H,1-2H3,(H,11,13). The first-order valence-electron chi connectivity index (χ1n) is 4.24. The van der Waals surface area contributed by atoms with Crippen molar-refractivity contribution in [2.24, 2.45) is 0 Å². The van der Waals surface area contributed by atoms with Gasteiger partial charge in [0.25, 0.3) is 0 Å². The summed E-state index contributed by atoms with van der Waals surface area (Å²) in [6.07, 6.45) is 0. The van der Waals surface area contributed by atoms with E-state index in [4.69, 9.17) is 0 Å². The van der Waals surface area contributed by atoms with E-state index in [1.54, 1.807) is 24.3 Å². The van der Waals surface area contributed by atoms with Gasteiger partial charge in [-0.15, -0.1) is 0 Å². The molecule has 0 saturated heterocycles. The first kappa shape index (κ1) is 10.2. The second-order valence-corrected chi connectivity index (χ2v) is 2.86. The summed E-state index contributed by atoms with van der Waals surface area (Å²) in [7, 11) is 0. The minimum absolute atomic E-state index is 0.230. The van der Waals surface area contributed by atoms with Crippen LogP contribution in [0, 0.1) is 0 Å². The number of amides is 2. The van der Waals surface area contributed by atoms with Gasteiger partial charge in [0.15, 0.2) is 0 Å². The van der Waals surface area contributed by atoms with Gasteiger partial charge in [0.2, 0.25) is 11.8 Å². The number of hydrazine groups is 1. The van der Waals surface area contributed by atoms with E-state index in [1.807, 2.05) is 6.07 Å². The van der Waals surface area contributed by atoms with Gasteiger partial charge in [0, 0.05) is 13.8 Å². The summed E-state index contributed by atoms with van der Waals surface area (Å²) < 4.78 is 0. The van der Waals surface area contributed by atoms with Crippen molar-refractivity contribution in [3.05, 3.63) is 30.3 Å². The molecular weight excluding hydrogens is 180 g/mol. The van der Waals surface area contributed by atoms with E-state index in [2.05, 4.69) is 5.43 Å². The Hall–Kier alpha value is -1.84. The van der Waals surface area contributed by atoms with Crippen LogP contribution in [0.2, 0.25) is 0 Å². The van der Waals surface area contributed by atoms with Crippen LogP contribution in [0.15, 0.2) is 30.3 Å². The third-order valence-electron chi connectivity index (χ3n) is 1.60. The van der Waals surface area contributed by atoms with Crippen LogP contribution in [-0.2, 0) is 9.59 Å². The van der Waals surface area contributed by atoms with E-state index in [1.165, 1.54) is 18.9 Å². The average molecular weight is 192 g/mol. The van der Waals surface area contributed by atoms with Gasteiger partial charge in [0.1, 0.15) is 0 Å². The van der Waals surface area contributed by atoms with Crippen molar-refractivity contribution >= 4 is 17.5 Å². The predicted octanol–water partition coefficient (Wildman–Crippen LogP) is 1.09. The molecule has 1 aromatic carbocycles. The first-order valence-corrected chi connectivity index (χ1v) is 4.24. The zero-order chi connectivity index (χ0) is 10.6. The summed E-state index contributed by atoms with van der Waals surface area (Å²) in [5.41, 5.74) is 3.09. The highest BCUT2D eigenvalue weighted by Gasteiger charge is 2.11. The Kier molecular flexibility index (Phi) is 3.23. The Morgan fingerprint density at radius 2 is 1.71 bits per heavy atom. The lowest BCUT2D eigenvalue weighted by Gasteiger charge is -2.20. The maximum Gasteiger partial charge on any atom is 0.242 e. The molecule has 0 heterocycles. The summed E-state index contributed by atoms with van der Waals surface area (Å²) in [6.45, 7) is 2.75. The van der Waals surface area contributed by atoms with Crippen molar-refractivity contribution in [1.82, 2.24) is 5.43 Å². The lowest BCUT2D eigenvalue weighted by molar-refractivity contribution is -0.123. The lowest BCUT2D eigenvalue weighted by Crippen LogP contribution is -2.44. The minimum atomic E-state index is -0.274. The Balaban J connectivity index is 2.89. The fraction of sp³-hybridized carbons (Fsp3) is 0.200. The Morgan fingerprint density at radius 3 is 2.14 bits per heavy atom. The van der Waals surface area contributed by atoms with Gasteiger partial charge in [-0.1, -0.05) is 18.2 Å². The Labute approximate surface area is 82.5 Å². The number of para-hydroxylation sites is 1. The van der Waals surface area contributed by atoms with E-state index in [-0.39, 0.29) is 11.8 Å². The molecule has 0 spiro atoms. The van der Waals surface area contributed by atoms with E-state index in [0.29, 0.717) is 5.69 Å². The van der Waals surface area contributed by atoms with Crippen LogP contribution in [0.3, 0.4) is 0 Å². The summed E-state index contributed by atoms with van der Waals surface area (Å²) >= 11 is 0. The van der Waals surface area contributed by atoms with Crippen LogP contribution in [0.25, 0.3) is 0 Å². The number of benzene rings is 1. The Bertz CT molecular complexity index is 335. The number of anilines is 1. The number of carbonyl (C=O) groups is 2. The molecule has 0 bridgehead atoms. The molecule has 0 aliphatic carbocycles. The molecule has 14 heavy (non-hydrogen) atoms. The maximum absolute atomic E-state index is 11.2. The van der Waals surface area contributed by atoms with Gasteiger partial charge >= 0.3 is 0 Å². The number of hydrogen-bond donors (Lipinski definition) is 1. The van der Waals surface area contributed by atoms with Gasteiger partial charge in [-0.05, 0) is 12.1 Å². The Morgan fingerprint density at radius 1 is 1.14 bits per heavy atom. The van der Waals surface area contributed by atoms with Crippen LogP contribution in [0.4, 0.5) is 5.69 Å². The summed E-state index contributed by atoms with van der Waals surface area (Å²) in [5.74, 6) is -0.504. The van der Waals surface area contributed by atoms with Crippen molar-refractivity contribution in [2.75, 3.05) is 5.01 Å². The molecule has 1 aromatic rings. The normalized spacial score (nSPS) is 9.29. The molecule has 1 rings (SSSR count). The monoisotopic (exact) mass is 192 g/mol. The summed E-state index contributed by atoms with van der Waals surface area (Å²) in [6, 6.07) is 8.93. The molecule has 0 saturated carbocycles. The highest BCUT2D eigenvalue weighted by molar-refractivity contribution is 5.94. The van der Waals surface area contributed by atoms with Gasteiger partial charge in [0.05, 0.1) is 5.69 Å². The van der Waals surface area contributed by atoms with Crippen molar-refractivity contribution in [3.63, 3.8) is 0 Å². The number of hydrogen-bond acceptors (Lipinski definition) is 2.